The van der Waals surface area contributed by atoms with Crippen LogP contribution in [0.3, 0.4) is 0 Å². The van der Waals surface area contributed by atoms with E-state index in [1.807, 2.05) is 71.0 Å². The number of aromatic nitrogens is 1. The number of pyridine rings is 1. The minimum atomic E-state index is -0.925. The first-order valence-electron chi connectivity index (χ1n) is 17.8. The first-order chi connectivity index (χ1) is 24.5. The number of carbonyl (C=O) groups is 3. The summed E-state index contributed by atoms with van der Waals surface area (Å²) in [5.41, 5.74) is 7.59. The van der Waals surface area contributed by atoms with Crippen molar-refractivity contribution in [1.82, 2.24) is 10.3 Å². The van der Waals surface area contributed by atoms with Crippen molar-refractivity contribution in [2.45, 2.75) is 110 Å². The number of aryl methyl sites for hydroxylation is 1. The highest BCUT2D eigenvalue weighted by Gasteiger charge is 2.36. The molecule has 5 rings (SSSR count). The van der Waals surface area contributed by atoms with Crippen LogP contribution in [0.4, 0.5) is 14.9 Å². The average Bonchev–Trinajstić information content (AvgIpc) is 3.23. The van der Waals surface area contributed by atoms with Crippen LogP contribution in [0.5, 0.6) is 0 Å². The smallest absolute Gasteiger partial charge is 0.325 e. The van der Waals surface area contributed by atoms with Crippen molar-refractivity contribution >= 4 is 29.7 Å². The molecule has 2 N–H and O–H groups in total. The van der Waals surface area contributed by atoms with Crippen LogP contribution in [0.1, 0.15) is 96.0 Å². The van der Waals surface area contributed by atoms with Gasteiger partial charge in [-0.15, -0.1) is 0 Å². The van der Waals surface area contributed by atoms with Crippen molar-refractivity contribution < 1.29 is 37.7 Å². The quantitative estimate of drug-likeness (QED) is 0.213. The number of amides is 2. The average molecular weight is 716 g/mol. The number of urea groups is 1. The number of methoxy groups -OCH3 is 1. The van der Waals surface area contributed by atoms with Gasteiger partial charge in [-0.25, -0.2) is 9.18 Å². The Morgan fingerprint density at radius 3 is 2.46 bits per heavy atom. The number of hydrogen-bond acceptors (Lipinski definition) is 8. The number of carbonyl (C=O) groups excluding carboxylic acids is 3. The van der Waals surface area contributed by atoms with Crippen molar-refractivity contribution in [1.29, 1.82) is 0 Å². The molecule has 0 radical (unpaired) electrons. The van der Waals surface area contributed by atoms with Crippen molar-refractivity contribution in [2.24, 2.45) is 0 Å². The second-order valence-electron chi connectivity index (χ2n) is 15.1. The minimum absolute atomic E-state index is 0.0299. The molecule has 2 aliphatic rings. The van der Waals surface area contributed by atoms with Crippen molar-refractivity contribution in [2.75, 3.05) is 19.0 Å². The Morgan fingerprint density at radius 2 is 1.79 bits per heavy atom. The fraction of sp³-hybridized carbons (Fsp3) is 0.463. The van der Waals surface area contributed by atoms with Gasteiger partial charge >= 0.3 is 18.0 Å². The highest BCUT2D eigenvalue weighted by molar-refractivity contribution is 5.92. The lowest BCUT2D eigenvalue weighted by Gasteiger charge is -2.40. The van der Waals surface area contributed by atoms with Crippen LogP contribution < -0.4 is 10.6 Å². The van der Waals surface area contributed by atoms with Gasteiger partial charge in [-0.1, -0.05) is 44.2 Å². The van der Waals surface area contributed by atoms with Crippen molar-refractivity contribution in [3.63, 3.8) is 0 Å². The zero-order chi connectivity index (χ0) is 37.8. The van der Waals surface area contributed by atoms with E-state index in [4.69, 9.17) is 19.2 Å². The third kappa shape index (κ3) is 9.83. The fourth-order valence-corrected chi connectivity index (χ4v) is 6.81. The molecule has 1 saturated heterocycles. The predicted octanol–water partition coefficient (Wildman–Crippen LogP) is 8.12. The molecule has 1 aliphatic carbocycles. The maximum atomic E-state index is 14.3. The van der Waals surface area contributed by atoms with Gasteiger partial charge in [0.1, 0.15) is 18.0 Å². The van der Waals surface area contributed by atoms with Gasteiger partial charge < -0.3 is 29.6 Å². The Kier molecular flexibility index (Phi) is 11.9. The molecule has 3 aromatic rings. The summed E-state index contributed by atoms with van der Waals surface area (Å²) < 4.78 is 36.9. The standard InChI is InChI=1S/C41H50FN3O7/c1-24(2)37-33(19-17-29-21-30(51-41(6,7)50-29)22-34(46)52-40(3,4)5)36(25-12-14-27(42)15-13-25)32-11-9-10-26-20-28(16-18-31(26)38(32)45-37)44-39(48)43-23-35(47)49-8/h12-20,24,29-30H,9-11,21-23H2,1-8H3,(H2,43,44,48)/t29-,30-/m1/s1. The molecular weight excluding hydrogens is 665 g/mol. The number of rotatable bonds is 9. The van der Waals surface area contributed by atoms with E-state index in [1.165, 1.54) is 19.2 Å². The lowest BCUT2D eigenvalue weighted by Crippen LogP contribution is -2.45. The van der Waals surface area contributed by atoms with Gasteiger partial charge in [0.2, 0.25) is 0 Å². The van der Waals surface area contributed by atoms with Crippen LogP contribution in [0.15, 0.2) is 48.5 Å². The highest BCUT2D eigenvalue weighted by atomic mass is 19.1. The van der Waals surface area contributed by atoms with E-state index in [0.29, 0.717) is 12.1 Å². The van der Waals surface area contributed by atoms with Crippen LogP contribution in [0.2, 0.25) is 0 Å². The van der Waals surface area contributed by atoms with E-state index in [1.54, 1.807) is 0 Å². The Labute approximate surface area is 305 Å². The predicted molar refractivity (Wildman–Crippen MR) is 198 cm³/mol. The number of nitrogens with zero attached hydrogens (tertiary/aromatic N) is 1. The van der Waals surface area contributed by atoms with E-state index in [9.17, 15) is 18.8 Å². The Hall–Kier alpha value is -4.61. The molecule has 11 heteroatoms. The molecule has 0 spiro atoms. The minimum Gasteiger partial charge on any atom is -0.468 e. The Balaban J connectivity index is 1.55. The molecule has 278 valence electrons. The van der Waals surface area contributed by atoms with Gasteiger partial charge in [0.05, 0.1) is 37.1 Å². The first kappa shape index (κ1) is 38.6. The summed E-state index contributed by atoms with van der Waals surface area (Å²) in [7, 11) is 1.26. The lowest BCUT2D eigenvalue weighted by atomic mass is 9.86. The van der Waals surface area contributed by atoms with Gasteiger partial charge in [-0.2, -0.15) is 0 Å². The van der Waals surface area contributed by atoms with Crippen LogP contribution in [-0.4, -0.2) is 60.2 Å². The van der Waals surface area contributed by atoms with Crippen LogP contribution >= 0.6 is 0 Å². The monoisotopic (exact) mass is 715 g/mol. The SMILES string of the molecule is COC(=O)CNC(=O)Nc1ccc2c(c1)CCCc1c-2nc(C(C)C)c(C=C[C@@H]2C[C@H](CC(=O)OC(C)(C)C)OC(C)(C)O2)c1-c1ccc(F)cc1. The molecule has 52 heavy (non-hydrogen) atoms. The van der Waals surface area contributed by atoms with Crippen LogP contribution in [0, 0.1) is 5.82 Å². The second kappa shape index (κ2) is 16.0. The summed E-state index contributed by atoms with van der Waals surface area (Å²) in [5.74, 6) is -2.08. The number of anilines is 1. The van der Waals surface area contributed by atoms with Gasteiger partial charge in [-0.3, -0.25) is 14.6 Å². The molecule has 2 amide bonds. The lowest BCUT2D eigenvalue weighted by molar-refractivity contribution is -0.290. The number of halogens is 1. The number of fused-ring (bicyclic) bond motifs is 3. The normalized spacial score (nSPS) is 18.3. The van der Waals surface area contributed by atoms with Gasteiger partial charge in [0.15, 0.2) is 5.79 Å². The van der Waals surface area contributed by atoms with E-state index in [0.717, 1.165) is 64.0 Å². The topological polar surface area (TPSA) is 125 Å². The third-order valence-corrected chi connectivity index (χ3v) is 8.83. The summed E-state index contributed by atoms with van der Waals surface area (Å²) >= 11 is 0. The number of esters is 2. The van der Waals surface area contributed by atoms with E-state index < -0.39 is 29.5 Å². The summed E-state index contributed by atoms with van der Waals surface area (Å²) in [6, 6.07) is 11.8. The molecule has 1 fully saturated rings. The third-order valence-electron chi connectivity index (χ3n) is 8.83. The van der Waals surface area contributed by atoms with E-state index in [-0.39, 0.29) is 36.8 Å². The number of hydrogen-bond donors (Lipinski definition) is 2. The zero-order valence-electron chi connectivity index (χ0n) is 31.4. The highest BCUT2D eigenvalue weighted by Crippen LogP contribution is 2.43. The molecule has 1 aliphatic heterocycles. The molecule has 2 aromatic carbocycles. The summed E-state index contributed by atoms with van der Waals surface area (Å²) in [5, 5.41) is 5.30. The van der Waals surface area contributed by atoms with E-state index >= 15 is 0 Å². The summed E-state index contributed by atoms with van der Waals surface area (Å²) in [6.45, 7) is 13.2. The van der Waals surface area contributed by atoms with Gasteiger partial charge in [0.25, 0.3) is 0 Å². The number of benzene rings is 2. The zero-order valence-corrected chi connectivity index (χ0v) is 31.4. The largest absolute Gasteiger partial charge is 0.468 e. The maximum Gasteiger partial charge on any atom is 0.325 e. The van der Waals surface area contributed by atoms with Gasteiger partial charge in [-0.05, 0) is 106 Å². The first-order valence-corrected chi connectivity index (χ1v) is 17.8. The second-order valence-corrected chi connectivity index (χ2v) is 15.1. The van der Waals surface area contributed by atoms with Crippen molar-refractivity contribution in [3.8, 4) is 22.4 Å². The summed E-state index contributed by atoms with van der Waals surface area (Å²) in [4.78, 5) is 42.0. The summed E-state index contributed by atoms with van der Waals surface area (Å²) in [6.07, 6.45) is 6.20. The molecular formula is C41H50FN3O7. The maximum absolute atomic E-state index is 14.3. The molecule has 10 nitrogen and oxygen atoms in total. The number of ether oxygens (including phenoxy) is 4. The Bertz CT molecular complexity index is 1830. The van der Waals surface area contributed by atoms with Gasteiger partial charge in [0, 0.05) is 23.2 Å². The number of nitrogens with one attached hydrogen (secondary N) is 2. The molecule has 0 saturated carbocycles. The van der Waals surface area contributed by atoms with Crippen LogP contribution in [-0.2, 0) is 41.4 Å². The van der Waals surface area contributed by atoms with E-state index in [2.05, 4.69) is 35.3 Å². The molecule has 2 atom stereocenters. The molecule has 0 bridgehead atoms. The molecule has 1 aromatic heterocycles. The Morgan fingerprint density at radius 1 is 1.06 bits per heavy atom. The van der Waals surface area contributed by atoms with Crippen LogP contribution in [0.25, 0.3) is 28.5 Å². The van der Waals surface area contributed by atoms with Crippen molar-refractivity contribution in [3.05, 3.63) is 76.7 Å². The fourth-order valence-electron chi connectivity index (χ4n) is 6.81. The molecule has 2 heterocycles. The molecule has 0 unspecified atom stereocenters.